The molecule has 0 radical (unpaired) electrons. The van der Waals surface area contributed by atoms with Crippen molar-refractivity contribution < 1.29 is 27.5 Å². The van der Waals surface area contributed by atoms with Crippen LogP contribution >= 0.6 is 0 Å². The SMILES string of the molecule is COc1ccc(OC)c(C=CC(=O)N2CCCN2C(=O)c2ccccc2S(C)(=O)=O)c1. The molecule has 1 saturated heterocycles. The highest BCUT2D eigenvalue weighted by Gasteiger charge is 2.32. The highest BCUT2D eigenvalue weighted by Crippen LogP contribution is 2.26. The van der Waals surface area contributed by atoms with Crippen LogP contribution < -0.4 is 9.47 Å². The Kier molecular flexibility index (Phi) is 6.65. The van der Waals surface area contributed by atoms with Gasteiger partial charge in [0.15, 0.2) is 9.84 Å². The molecule has 164 valence electrons. The number of benzene rings is 2. The van der Waals surface area contributed by atoms with Crippen molar-refractivity contribution in [2.45, 2.75) is 11.3 Å². The maximum absolute atomic E-state index is 13.1. The van der Waals surface area contributed by atoms with E-state index in [4.69, 9.17) is 9.47 Å². The molecule has 0 atom stereocenters. The zero-order valence-corrected chi connectivity index (χ0v) is 18.4. The van der Waals surface area contributed by atoms with Gasteiger partial charge >= 0.3 is 0 Å². The standard InChI is InChI=1S/C22H24N2O6S/c1-29-17-10-11-19(30-2)16(15-17)9-12-21(25)23-13-6-14-24(23)22(26)18-7-4-5-8-20(18)31(3,27)28/h4-5,7-12,15H,6,13-14H2,1-3H3. The molecular formula is C22H24N2O6S. The van der Waals surface area contributed by atoms with Crippen LogP contribution in [0.2, 0.25) is 0 Å². The largest absolute Gasteiger partial charge is 0.497 e. The third kappa shape index (κ3) is 4.88. The Bertz CT molecular complexity index is 1130. The number of carbonyl (C=O) groups is 2. The average Bonchev–Trinajstić information content (AvgIpc) is 3.26. The van der Waals surface area contributed by atoms with Crippen molar-refractivity contribution in [1.29, 1.82) is 0 Å². The minimum Gasteiger partial charge on any atom is -0.497 e. The van der Waals surface area contributed by atoms with Crippen LogP contribution in [0.3, 0.4) is 0 Å². The average molecular weight is 445 g/mol. The van der Waals surface area contributed by atoms with Crippen molar-refractivity contribution in [3.8, 4) is 11.5 Å². The number of hydrazine groups is 1. The van der Waals surface area contributed by atoms with Crippen LogP contribution in [0.15, 0.2) is 53.4 Å². The van der Waals surface area contributed by atoms with E-state index in [2.05, 4.69) is 0 Å². The van der Waals surface area contributed by atoms with E-state index in [0.29, 0.717) is 36.6 Å². The van der Waals surface area contributed by atoms with Gasteiger partial charge in [-0.05, 0) is 42.8 Å². The summed E-state index contributed by atoms with van der Waals surface area (Å²) < 4.78 is 34.7. The number of amides is 2. The Morgan fingerprint density at radius 3 is 2.39 bits per heavy atom. The molecule has 1 fully saturated rings. The number of hydrogen-bond donors (Lipinski definition) is 0. The van der Waals surface area contributed by atoms with Crippen LogP contribution in [0.25, 0.3) is 6.08 Å². The Hall–Kier alpha value is -3.33. The molecule has 8 nitrogen and oxygen atoms in total. The molecule has 0 unspecified atom stereocenters. The number of methoxy groups -OCH3 is 2. The first-order valence-corrected chi connectivity index (χ1v) is 11.5. The summed E-state index contributed by atoms with van der Waals surface area (Å²) in [6.45, 7) is 0.671. The van der Waals surface area contributed by atoms with Gasteiger partial charge in [0, 0.05) is 31.0 Å². The second kappa shape index (κ2) is 9.22. The monoisotopic (exact) mass is 444 g/mol. The topological polar surface area (TPSA) is 93.2 Å². The van der Waals surface area contributed by atoms with Crippen molar-refractivity contribution in [2.75, 3.05) is 33.6 Å². The molecule has 0 bridgehead atoms. The van der Waals surface area contributed by atoms with Crippen molar-refractivity contribution in [3.63, 3.8) is 0 Å². The van der Waals surface area contributed by atoms with Crippen LogP contribution in [0.1, 0.15) is 22.3 Å². The molecule has 3 rings (SSSR count). The van der Waals surface area contributed by atoms with E-state index in [1.165, 1.54) is 35.3 Å². The van der Waals surface area contributed by atoms with Crippen molar-refractivity contribution in [3.05, 3.63) is 59.7 Å². The number of nitrogens with zero attached hydrogens (tertiary/aromatic N) is 2. The Morgan fingerprint density at radius 1 is 1.00 bits per heavy atom. The maximum atomic E-state index is 13.1. The summed E-state index contributed by atoms with van der Waals surface area (Å²) in [6.07, 6.45) is 4.59. The molecule has 1 aliphatic heterocycles. The van der Waals surface area contributed by atoms with E-state index in [1.54, 1.807) is 43.5 Å². The second-order valence-electron chi connectivity index (χ2n) is 6.95. The van der Waals surface area contributed by atoms with Crippen LogP contribution in [-0.4, -0.2) is 63.8 Å². The molecule has 2 aromatic rings. The minimum atomic E-state index is -3.60. The van der Waals surface area contributed by atoms with Gasteiger partial charge in [0.25, 0.3) is 11.8 Å². The van der Waals surface area contributed by atoms with Gasteiger partial charge in [-0.2, -0.15) is 0 Å². The van der Waals surface area contributed by atoms with Gasteiger partial charge in [-0.15, -0.1) is 0 Å². The predicted molar refractivity (Wildman–Crippen MR) is 115 cm³/mol. The van der Waals surface area contributed by atoms with E-state index in [1.807, 2.05) is 0 Å². The summed E-state index contributed by atoms with van der Waals surface area (Å²) in [5.41, 5.74) is 0.692. The predicted octanol–water partition coefficient (Wildman–Crippen LogP) is 2.41. The summed E-state index contributed by atoms with van der Waals surface area (Å²) >= 11 is 0. The van der Waals surface area contributed by atoms with Crippen LogP contribution in [0.4, 0.5) is 0 Å². The fourth-order valence-electron chi connectivity index (χ4n) is 3.37. The van der Waals surface area contributed by atoms with Crippen LogP contribution in [0, 0.1) is 0 Å². The summed E-state index contributed by atoms with van der Waals surface area (Å²) in [5, 5.41) is 2.62. The third-order valence-electron chi connectivity index (χ3n) is 4.88. The van der Waals surface area contributed by atoms with Gasteiger partial charge in [0.05, 0.1) is 24.7 Å². The number of ether oxygens (including phenoxy) is 2. The van der Waals surface area contributed by atoms with E-state index in [-0.39, 0.29) is 10.5 Å². The van der Waals surface area contributed by atoms with Crippen LogP contribution in [-0.2, 0) is 14.6 Å². The molecule has 9 heteroatoms. The van der Waals surface area contributed by atoms with E-state index in [0.717, 1.165) is 6.26 Å². The molecule has 0 N–H and O–H groups in total. The van der Waals surface area contributed by atoms with Crippen molar-refractivity contribution in [1.82, 2.24) is 10.0 Å². The molecule has 0 spiro atoms. The molecule has 31 heavy (non-hydrogen) atoms. The molecule has 2 aromatic carbocycles. The lowest BCUT2D eigenvalue weighted by Crippen LogP contribution is -2.44. The first-order chi connectivity index (χ1) is 14.8. The van der Waals surface area contributed by atoms with Gasteiger partial charge < -0.3 is 9.47 Å². The highest BCUT2D eigenvalue weighted by molar-refractivity contribution is 7.90. The molecule has 1 heterocycles. The molecule has 2 amide bonds. The van der Waals surface area contributed by atoms with Crippen molar-refractivity contribution >= 4 is 27.7 Å². The molecular weight excluding hydrogens is 420 g/mol. The number of carbonyl (C=O) groups excluding carboxylic acids is 2. The van der Waals surface area contributed by atoms with Gasteiger partial charge in [0.2, 0.25) is 0 Å². The maximum Gasteiger partial charge on any atom is 0.273 e. The van der Waals surface area contributed by atoms with Crippen molar-refractivity contribution in [2.24, 2.45) is 0 Å². The highest BCUT2D eigenvalue weighted by atomic mass is 32.2. The zero-order valence-electron chi connectivity index (χ0n) is 17.6. The summed E-state index contributed by atoms with van der Waals surface area (Å²) in [5.74, 6) is 0.260. The minimum absolute atomic E-state index is 0.0446. The van der Waals surface area contributed by atoms with E-state index in [9.17, 15) is 18.0 Å². The van der Waals surface area contributed by atoms with Gasteiger partial charge in [-0.25, -0.2) is 18.4 Å². The fourth-order valence-corrected chi connectivity index (χ4v) is 4.26. The first kappa shape index (κ1) is 22.4. The normalized spacial score (nSPS) is 14.2. The summed E-state index contributed by atoms with van der Waals surface area (Å²) in [4.78, 5) is 25.9. The van der Waals surface area contributed by atoms with Gasteiger partial charge in [-0.3, -0.25) is 9.59 Å². The Labute approximate surface area is 181 Å². The van der Waals surface area contributed by atoms with Gasteiger partial charge in [0.1, 0.15) is 11.5 Å². The zero-order chi connectivity index (χ0) is 22.6. The molecule has 0 aliphatic carbocycles. The van der Waals surface area contributed by atoms with Gasteiger partial charge in [-0.1, -0.05) is 12.1 Å². The Balaban J connectivity index is 1.85. The van der Waals surface area contributed by atoms with E-state index < -0.39 is 21.7 Å². The number of hydrogen-bond acceptors (Lipinski definition) is 6. The van der Waals surface area contributed by atoms with Crippen LogP contribution in [0.5, 0.6) is 11.5 Å². The lowest BCUT2D eigenvalue weighted by molar-refractivity contribution is -0.134. The number of rotatable bonds is 6. The molecule has 0 saturated carbocycles. The second-order valence-corrected chi connectivity index (χ2v) is 8.94. The Morgan fingerprint density at radius 2 is 1.71 bits per heavy atom. The number of sulfone groups is 1. The molecule has 1 aliphatic rings. The first-order valence-electron chi connectivity index (χ1n) is 9.58. The lowest BCUT2D eigenvalue weighted by Gasteiger charge is -2.27. The van der Waals surface area contributed by atoms with E-state index >= 15 is 0 Å². The summed E-state index contributed by atoms with van der Waals surface area (Å²) in [7, 11) is -0.524. The fraction of sp³-hybridized carbons (Fsp3) is 0.273. The lowest BCUT2D eigenvalue weighted by atomic mass is 10.1. The summed E-state index contributed by atoms with van der Waals surface area (Å²) in [6, 6.07) is 11.2. The molecule has 0 aromatic heterocycles. The smallest absolute Gasteiger partial charge is 0.273 e. The quantitative estimate of drug-likeness (QED) is 0.636. The third-order valence-corrected chi connectivity index (χ3v) is 6.03.